The van der Waals surface area contributed by atoms with Crippen LogP contribution in [0.15, 0.2) is 11.8 Å². The van der Waals surface area contributed by atoms with Crippen LogP contribution in [0.25, 0.3) is 0 Å². The molecule has 1 unspecified atom stereocenters. The quantitative estimate of drug-likeness (QED) is 0.593. The monoisotopic (exact) mass is 179 g/mol. The first-order valence-corrected chi connectivity index (χ1v) is 4.44. The van der Waals surface area contributed by atoms with Gasteiger partial charge in [-0.3, -0.25) is 9.59 Å². The van der Waals surface area contributed by atoms with Crippen LogP contribution in [0, 0.1) is 23.7 Å². The molecule has 2 N–H and O–H groups in total. The molecule has 0 spiro atoms. The van der Waals surface area contributed by atoms with Gasteiger partial charge in [-0.2, -0.15) is 0 Å². The van der Waals surface area contributed by atoms with Gasteiger partial charge in [0.25, 0.3) is 0 Å². The van der Waals surface area contributed by atoms with Gasteiger partial charge in [-0.1, -0.05) is 6.08 Å². The van der Waals surface area contributed by atoms with Gasteiger partial charge < -0.3 is 10.4 Å². The number of allylic oxidation sites excluding steroid dienone is 2. The van der Waals surface area contributed by atoms with Crippen LogP contribution in [-0.4, -0.2) is 17.0 Å². The molecule has 3 rings (SSSR count). The Kier molecular flexibility index (Phi) is 1.07. The summed E-state index contributed by atoms with van der Waals surface area (Å²) in [7, 11) is 0. The number of amides is 1. The molecule has 2 aliphatic carbocycles. The molecule has 68 valence electrons. The highest BCUT2D eigenvalue weighted by atomic mass is 16.4. The van der Waals surface area contributed by atoms with Crippen molar-refractivity contribution in [2.24, 2.45) is 23.7 Å². The molecule has 4 atom stereocenters. The number of aliphatic carboxylic acids is 1. The lowest BCUT2D eigenvalue weighted by Crippen LogP contribution is -2.30. The third kappa shape index (κ3) is 0.669. The van der Waals surface area contributed by atoms with Crippen molar-refractivity contribution in [2.45, 2.75) is 6.42 Å². The highest BCUT2D eigenvalue weighted by Gasteiger charge is 2.58. The average Bonchev–Trinajstić information content (AvgIpc) is 2.60. The predicted molar refractivity (Wildman–Crippen MR) is 42.4 cm³/mol. The van der Waals surface area contributed by atoms with E-state index >= 15 is 0 Å². The lowest BCUT2D eigenvalue weighted by molar-refractivity contribution is -0.146. The maximum Gasteiger partial charge on any atom is 0.307 e. The van der Waals surface area contributed by atoms with Crippen molar-refractivity contribution in [3.63, 3.8) is 0 Å². The topological polar surface area (TPSA) is 66.4 Å². The summed E-state index contributed by atoms with van der Waals surface area (Å²) < 4.78 is 0. The number of carbonyl (C=O) groups excluding carboxylic acids is 1. The fourth-order valence-electron chi connectivity index (χ4n) is 2.99. The van der Waals surface area contributed by atoms with Crippen molar-refractivity contribution in [3.8, 4) is 0 Å². The van der Waals surface area contributed by atoms with Gasteiger partial charge in [-0.25, -0.2) is 0 Å². The first-order chi connectivity index (χ1) is 6.18. The Morgan fingerprint density at radius 3 is 3.08 bits per heavy atom. The van der Waals surface area contributed by atoms with Crippen molar-refractivity contribution >= 4 is 11.9 Å². The maximum absolute atomic E-state index is 11.4. The Hall–Kier alpha value is -1.32. The Balaban J connectivity index is 2.08. The summed E-state index contributed by atoms with van der Waals surface area (Å²) in [5, 5.41) is 11.7. The minimum absolute atomic E-state index is 0.0847. The highest BCUT2D eigenvalue weighted by Crippen LogP contribution is 2.54. The van der Waals surface area contributed by atoms with Crippen LogP contribution in [-0.2, 0) is 9.59 Å². The number of hydrogen-bond acceptors (Lipinski definition) is 2. The number of carboxylic acid groups (broad SMARTS) is 1. The number of rotatable bonds is 1. The zero-order chi connectivity index (χ0) is 9.16. The Morgan fingerprint density at radius 1 is 1.62 bits per heavy atom. The highest BCUT2D eigenvalue weighted by molar-refractivity contribution is 5.91. The summed E-state index contributed by atoms with van der Waals surface area (Å²) in [5.74, 6) is -1.42. The third-order valence-electron chi connectivity index (χ3n) is 3.46. The second kappa shape index (κ2) is 1.95. The van der Waals surface area contributed by atoms with E-state index in [0.717, 1.165) is 12.1 Å². The molecule has 4 heteroatoms. The summed E-state index contributed by atoms with van der Waals surface area (Å²) in [4.78, 5) is 22.3. The molecule has 1 saturated heterocycles. The molecule has 1 saturated carbocycles. The van der Waals surface area contributed by atoms with Gasteiger partial charge in [0, 0.05) is 11.6 Å². The van der Waals surface area contributed by atoms with E-state index in [4.69, 9.17) is 5.11 Å². The van der Waals surface area contributed by atoms with Gasteiger partial charge in [0.15, 0.2) is 0 Å². The maximum atomic E-state index is 11.4. The molecule has 1 heterocycles. The third-order valence-corrected chi connectivity index (χ3v) is 3.46. The van der Waals surface area contributed by atoms with E-state index in [-0.39, 0.29) is 23.7 Å². The first-order valence-electron chi connectivity index (χ1n) is 4.44. The molecule has 0 aromatic rings. The fraction of sp³-hybridized carbons (Fsp3) is 0.556. The zero-order valence-corrected chi connectivity index (χ0v) is 6.86. The normalized spacial score (nSPS) is 44.9. The van der Waals surface area contributed by atoms with Crippen LogP contribution in [0.1, 0.15) is 6.42 Å². The lowest BCUT2D eigenvalue weighted by atomic mass is 9.84. The largest absolute Gasteiger partial charge is 0.481 e. The molecule has 2 fully saturated rings. The van der Waals surface area contributed by atoms with Crippen molar-refractivity contribution in [1.29, 1.82) is 0 Å². The molecule has 0 radical (unpaired) electrons. The van der Waals surface area contributed by atoms with E-state index < -0.39 is 11.9 Å². The summed E-state index contributed by atoms with van der Waals surface area (Å²) in [6.45, 7) is 0. The van der Waals surface area contributed by atoms with Crippen molar-refractivity contribution in [3.05, 3.63) is 11.8 Å². The number of fused-ring (bicyclic) bond motifs is 1. The van der Waals surface area contributed by atoms with Crippen LogP contribution in [0.4, 0.5) is 0 Å². The molecular formula is C9H9NO3. The number of carbonyl (C=O) groups is 2. The van der Waals surface area contributed by atoms with Gasteiger partial charge in [0.05, 0.1) is 11.8 Å². The summed E-state index contributed by atoms with van der Waals surface area (Å²) >= 11 is 0. The first kappa shape index (κ1) is 7.12. The SMILES string of the molecule is O=C1NC2=C[C@@H]3C[C@@H]2C1[C@H]3C(=O)O. The van der Waals surface area contributed by atoms with Crippen LogP contribution < -0.4 is 5.32 Å². The van der Waals surface area contributed by atoms with Gasteiger partial charge >= 0.3 is 5.97 Å². The van der Waals surface area contributed by atoms with Crippen molar-refractivity contribution in [2.75, 3.05) is 0 Å². The average molecular weight is 179 g/mol. The molecule has 0 aromatic carbocycles. The lowest BCUT2D eigenvalue weighted by Gasteiger charge is -2.16. The minimum atomic E-state index is -0.829. The molecule has 4 nitrogen and oxygen atoms in total. The van der Waals surface area contributed by atoms with E-state index in [2.05, 4.69) is 5.32 Å². The Morgan fingerprint density at radius 2 is 2.38 bits per heavy atom. The minimum Gasteiger partial charge on any atom is -0.481 e. The van der Waals surface area contributed by atoms with Gasteiger partial charge in [0.2, 0.25) is 5.91 Å². The van der Waals surface area contributed by atoms with Gasteiger partial charge in [-0.05, 0) is 12.3 Å². The molecule has 0 aromatic heterocycles. The van der Waals surface area contributed by atoms with E-state index in [0.29, 0.717) is 0 Å². The number of nitrogens with one attached hydrogen (secondary N) is 1. The smallest absolute Gasteiger partial charge is 0.307 e. The number of hydrogen-bond donors (Lipinski definition) is 2. The summed E-state index contributed by atoms with van der Waals surface area (Å²) in [6.07, 6.45) is 2.76. The van der Waals surface area contributed by atoms with Crippen LogP contribution >= 0.6 is 0 Å². The number of carboxylic acids is 1. The molecular weight excluding hydrogens is 170 g/mol. The van der Waals surface area contributed by atoms with Gasteiger partial charge in [-0.15, -0.1) is 0 Å². The van der Waals surface area contributed by atoms with Crippen LogP contribution in [0.2, 0.25) is 0 Å². The molecule has 2 bridgehead atoms. The fourth-order valence-corrected chi connectivity index (χ4v) is 2.99. The Labute approximate surface area is 74.6 Å². The molecule has 13 heavy (non-hydrogen) atoms. The van der Waals surface area contributed by atoms with E-state index in [9.17, 15) is 9.59 Å². The standard InChI is InChI=1S/C9H9NO3/c11-8-7-4-1-3(2-5(4)10-8)6(7)9(12)13/h2-4,6-7H,1H2,(H,10,11)(H,12,13)/t3-,4-,6-,7?/m0/s1. The Bertz CT molecular complexity index is 347. The molecule has 3 aliphatic rings. The molecule has 1 amide bonds. The summed E-state index contributed by atoms with van der Waals surface area (Å²) in [5.41, 5.74) is 0.970. The second-order valence-electron chi connectivity index (χ2n) is 4.01. The zero-order valence-electron chi connectivity index (χ0n) is 6.86. The summed E-state index contributed by atoms with van der Waals surface area (Å²) in [6, 6.07) is 0. The van der Waals surface area contributed by atoms with E-state index in [1.54, 1.807) is 0 Å². The molecule has 1 aliphatic heterocycles. The van der Waals surface area contributed by atoms with Gasteiger partial charge in [0.1, 0.15) is 0 Å². The van der Waals surface area contributed by atoms with E-state index in [1.807, 2.05) is 6.08 Å². The second-order valence-corrected chi connectivity index (χ2v) is 4.01. The van der Waals surface area contributed by atoms with Crippen molar-refractivity contribution < 1.29 is 14.7 Å². The van der Waals surface area contributed by atoms with Crippen LogP contribution in [0.3, 0.4) is 0 Å². The van der Waals surface area contributed by atoms with E-state index in [1.165, 1.54) is 0 Å². The van der Waals surface area contributed by atoms with Crippen molar-refractivity contribution in [1.82, 2.24) is 5.32 Å². The predicted octanol–water partition coefficient (Wildman–Crippen LogP) is -0.0332. The van der Waals surface area contributed by atoms with Crippen LogP contribution in [0.5, 0.6) is 0 Å².